The Kier molecular flexibility index (Phi) is 4.41. The minimum Gasteiger partial charge on any atom is -0.379 e. The maximum Gasteiger partial charge on any atom is 0.147 e. The highest BCUT2D eigenvalue weighted by Gasteiger charge is 1.58. The summed E-state index contributed by atoms with van der Waals surface area (Å²) in [5.74, 6) is 0. The average Bonchev–Trinajstić information content (AvgIpc) is 2.11. The molecule has 0 radical (unpaired) electrons. The smallest absolute Gasteiger partial charge is 0.147 e. The van der Waals surface area contributed by atoms with E-state index >= 15 is 0 Å². The van der Waals surface area contributed by atoms with Crippen LogP contribution in [0, 0.1) is 5.41 Å². The van der Waals surface area contributed by atoms with Crippen LogP contribution in [0.2, 0.25) is 0 Å². The molecule has 0 spiro atoms. The minimum absolute atomic E-state index is 0.139. The summed E-state index contributed by atoms with van der Waals surface area (Å²) in [4.78, 5) is 0. The van der Waals surface area contributed by atoms with E-state index in [-0.39, 0.29) is 5.17 Å². The molecular weight excluding hydrogens is 140 g/mol. The van der Waals surface area contributed by atoms with Crippen LogP contribution in [0.4, 0.5) is 0 Å². The van der Waals surface area contributed by atoms with Crippen molar-refractivity contribution in [2.45, 2.75) is 0 Å². The largest absolute Gasteiger partial charge is 0.379 e. The molecule has 0 aliphatic rings. The number of hydrogen-bond acceptors (Lipinski definition) is 4. The number of nitrogens with zero attached hydrogens (tertiary/aromatic N) is 3. The Bertz CT molecular complexity index is 125. The number of tetrazole rings is 1. The van der Waals surface area contributed by atoms with Gasteiger partial charge in [0.1, 0.15) is 11.5 Å². The van der Waals surface area contributed by atoms with Crippen molar-refractivity contribution >= 4 is 17.8 Å². The van der Waals surface area contributed by atoms with Crippen LogP contribution in [0.1, 0.15) is 0 Å². The molecule has 0 bridgehead atoms. The zero-order valence-electron chi connectivity index (χ0n) is 4.44. The quantitative estimate of drug-likeness (QED) is 0.214. The molecule has 6 nitrogen and oxygen atoms in total. The van der Waals surface area contributed by atoms with Crippen LogP contribution in [-0.4, -0.2) is 25.8 Å². The Balaban J connectivity index is 0.000000148. The van der Waals surface area contributed by atoms with E-state index in [1.165, 1.54) is 6.33 Å². The number of rotatable bonds is 0. The van der Waals surface area contributed by atoms with E-state index in [0.29, 0.717) is 0 Å². The first-order chi connectivity index (χ1) is 4.23. The van der Waals surface area contributed by atoms with Crippen LogP contribution in [0.3, 0.4) is 0 Å². The number of amidine groups is 1. The van der Waals surface area contributed by atoms with Crippen molar-refractivity contribution in [3.8, 4) is 0 Å². The van der Waals surface area contributed by atoms with Crippen LogP contribution in [-0.2, 0) is 0 Å². The molecule has 50 valence electrons. The molecule has 0 saturated heterocycles. The summed E-state index contributed by atoms with van der Waals surface area (Å²) in [6, 6.07) is 0. The van der Waals surface area contributed by atoms with Crippen molar-refractivity contribution in [2.75, 3.05) is 0 Å². The first-order valence-electron chi connectivity index (χ1n) is 1.93. The van der Waals surface area contributed by atoms with Crippen molar-refractivity contribution in [1.29, 1.82) is 5.41 Å². The van der Waals surface area contributed by atoms with E-state index in [0.717, 1.165) is 0 Å². The number of nitrogens with two attached hydrogens (primary N) is 1. The molecule has 0 aliphatic heterocycles. The number of thiol groups is 1. The van der Waals surface area contributed by atoms with E-state index in [1.54, 1.807) is 0 Å². The van der Waals surface area contributed by atoms with Gasteiger partial charge < -0.3 is 5.73 Å². The fourth-order valence-electron chi connectivity index (χ4n) is 0.129. The third-order valence-corrected chi connectivity index (χ3v) is 0.270. The van der Waals surface area contributed by atoms with E-state index in [4.69, 9.17) is 5.41 Å². The van der Waals surface area contributed by atoms with Gasteiger partial charge in [0.15, 0.2) is 0 Å². The molecule has 1 aromatic heterocycles. The first kappa shape index (κ1) is 7.89. The predicted octanol–water partition coefficient (Wildman–Crippen LogP) is -0.991. The first-order valence-corrected chi connectivity index (χ1v) is 2.38. The van der Waals surface area contributed by atoms with Gasteiger partial charge >= 0.3 is 0 Å². The highest BCUT2D eigenvalue weighted by molar-refractivity contribution is 7.96. The highest BCUT2D eigenvalue weighted by Crippen LogP contribution is 1.56. The third kappa shape index (κ3) is 10.9. The lowest BCUT2D eigenvalue weighted by Gasteiger charge is -1.65. The molecule has 0 saturated carbocycles. The van der Waals surface area contributed by atoms with Gasteiger partial charge in [-0.3, -0.25) is 5.41 Å². The highest BCUT2D eigenvalue weighted by atomic mass is 32.1. The van der Waals surface area contributed by atoms with Gasteiger partial charge in [-0.05, 0) is 10.4 Å². The third-order valence-electron chi connectivity index (χ3n) is 0.270. The molecule has 7 heteroatoms. The second kappa shape index (κ2) is 5.04. The molecule has 9 heavy (non-hydrogen) atoms. The molecule has 4 N–H and O–H groups in total. The molecule has 0 atom stereocenters. The minimum atomic E-state index is -0.139. The van der Waals surface area contributed by atoms with E-state index in [1.807, 2.05) is 0 Å². The number of hydrogen-bond donors (Lipinski definition) is 4. The van der Waals surface area contributed by atoms with Crippen molar-refractivity contribution in [2.24, 2.45) is 5.73 Å². The van der Waals surface area contributed by atoms with Crippen molar-refractivity contribution < 1.29 is 0 Å². The van der Waals surface area contributed by atoms with Crippen LogP contribution < -0.4 is 5.73 Å². The Labute approximate surface area is 56.8 Å². The van der Waals surface area contributed by atoms with Gasteiger partial charge in [-0.15, -0.1) is 17.7 Å². The lowest BCUT2D eigenvalue weighted by Crippen LogP contribution is -1.96. The average molecular weight is 146 g/mol. The van der Waals surface area contributed by atoms with E-state index in [2.05, 4.69) is 39.0 Å². The van der Waals surface area contributed by atoms with Crippen LogP contribution in [0.25, 0.3) is 0 Å². The topological polar surface area (TPSA) is 104 Å². The van der Waals surface area contributed by atoms with Gasteiger partial charge in [-0.25, -0.2) is 5.10 Å². The van der Waals surface area contributed by atoms with E-state index in [9.17, 15) is 0 Å². The van der Waals surface area contributed by atoms with Gasteiger partial charge in [0.25, 0.3) is 0 Å². The summed E-state index contributed by atoms with van der Waals surface area (Å²) in [5, 5.41) is 18.1. The van der Waals surface area contributed by atoms with Crippen LogP contribution >= 0.6 is 12.6 Å². The zero-order valence-corrected chi connectivity index (χ0v) is 5.34. The summed E-state index contributed by atoms with van der Waals surface area (Å²) in [6.07, 6.45) is 1.40. The van der Waals surface area contributed by atoms with Gasteiger partial charge in [0.05, 0.1) is 0 Å². The maximum atomic E-state index is 6.14. The van der Waals surface area contributed by atoms with Crippen molar-refractivity contribution in [3.05, 3.63) is 6.33 Å². The molecule has 0 unspecified atom stereocenters. The number of aromatic nitrogens is 4. The maximum absolute atomic E-state index is 6.14. The van der Waals surface area contributed by atoms with Crippen LogP contribution in [0.15, 0.2) is 6.33 Å². The van der Waals surface area contributed by atoms with E-state index < -0.39 is 0 Å². The number of H-pyrrole nitrogens is 1. The van der Waals surface area contributed by atoms with Crippen LogP contribution in [0.5, 0.6) is 0 Å². The molecule has 0 fully saturated rings. The van der Waals surface area contributed by atoms with Gasteiger partial charge in [-0.2, -0.15) is 0 Å². The summed E-state index contributed by atoms with van der Waals surface area (Å²) in [5.41, 5.74) is 4.56. The van der Waals surface area contributed by atoms with Crippen molar-refractivity contribution in [1.82, 2.24) is 20.6 Å². The molecule has 1 aromatic rings. The summed E-state index contributed by atoms with van der Waals surface area (Å²) in [7, 11) is 0. The van der Waals surface area contributed by atoms with Gasteiger partial charge in [0.2, 0.25) is 0 Å². The Morgan fingerprint density at radius 2 is 2.33 bits per heavy atom. The molecule has 0 amide bonds. The second-order valence-corrected chi connectivity index (χ2v) is 1.43. The number of nitrogens with one attached hydrogen (secondary N) is 2. The summed E-state index contributed by atoms with van der Waals surface area (Å²) in [6.45, 7) is 0. The predicted molar refractivity (Wildman–Crippen MR) is 35.1 cm³/mol. The zero-order chi connectivity index (χ0) is 7.11. The normalized spacial score (nSPS) is 7.22. The molecule has 0 aliphatic carbocycles. The monoisotopic (exact) mass is 146 g/mol. The lowest BCUT2D eigenvalue weighted by molar-refractivity contribution is 0.881. The standard InChI is InChI=1S/CH2N4.CH4N2S/c1-2-4-5-3-1;2-1(3)4/h1H,(H,2,3,4,5);(H4,2,3,4). The van der Waals surface area contributed by atoms with Crippen molar-refractivity contribution in [3.63, 3.8) is 0 Å². The Hall–Kier alpha value is -1.11. The fourth-order valence-corrected chi connectivity index (χ4v) is 0.129. The Morgan fingerprint density at radius 3 is 2.44 bits per heavy atom. The summed E-state index contributed by atoms with van der Waals surface area (Å²) < 4.78 is 0. The molecule has 0 aromatic carbocycles. The number of aromatic amines is 1. The molecule has 1 heterocycles. The Morgan fingerprint density at radius 1 is 1.78 bits per heavy atom. The SMILES string of the molecule is N=C(N)S.c1nnn[nH]1. The molecular formula is C2H6N6S. The lowest BCUT2D eigenvalue weighted by atomic mass is 11.4. The second-order valence-electron chi connectivity index (χ2n) is 0.948. The van der Waals surface area contributed by atoms with Gasteiger partial charge in [-0.1, -0.05) is 0 Å². The van der Waals surface area contributed by atoms with Gasteiger partial charge in [0, 0.05) is 0 Å². The molecule has 1 rings (SSSR count). The fraction of sp³-hybridized carbons (Fsp3) is 0. The summed E-state index contributed by atoms with van der Waals surface area (Å²) >= 11 is 3.33.